The molecule has 0 unspecified atom stereocenters. The zero-order valence-electron chi connectivity index (χ0n) is 16.1. The highest BCUT2D eigenvalue weighted by molar-refractivity contribution is 7.18. The number of nitriles is 1. The molecule has 29 heavy (non-hydrogen) atoms. The van der Waals surface area contributed by atoms with Gasteiger partial charge in [0.2, 0.25) is 0 Å². The average molecular weight is 424 g/mol. The van der Waals surface area contributed by atoms with Gasteiger partial charge in [0, 0.05) is 16.3 Å². The monoisotopic (exact) mass is 423 g/mol. The molecule has 0 bridgehead atoms. The fourth-order valence-electron chi connectivity index (χ4n) is 2.79. The van der Waals surface area contributed by atoms with Crippen LogP contribution >= 0.6 is 22.9 Å². The van der Waals surface area contributed by atoms with Gasteiger partial charge in [0.15, 0.2) is 0 Å². The summed E-state index contributed by atoms with van der Waals surface area (Å²) >= 11 is 6.94. The van der Waals surface area contributed by atoms with Crippen molar-refractivity contribution in [1.29, 1.82) is 5.26 Å². The van der Waals surface area contributed by atoms with Crippen molar-refractivity contribution >= 4 is 45.4 Å². The zero-order valence-corrected chi connectivity index (χ0v) is 17.7. The first-order valence-corrected chi connectivity index (χ1v) is 9.99. The van der Waals surface area contributed by atoms with Crippen LogP contribution in [0.2, 0.25) is 5.02 Å². The fourth-order valence-corrected chi connectivity index (χ4v) is 3.97. The van der Waals surface area contributed by atoms with Crippen LogP contribution in [0.4, 0.5) is 10.7 Å². The van der Waals surface area contributed by atoms with Crippen LogP contribution in [0.3, 0.4) is 0 Å². The maximum Gasteiger partial charge on any atom is 0.266 e. The second-order valence-electron chi connectivity index (χ2n) is 6.53. The zero-order chi connectivity index (χ0) is 21.1. The summed E-state index contributed by atoms with van der Waals surface area (Å²) in [6.45, 7) is 5.61. The van der Waals surface area contributed by atoms with Crippen molar-refractivity contribution in [3.63, 3.8) is 0 Å². The number of hydrogen-bond donors (Lipinski definition) is 2. The van der Waals surface area contributed by atoms with E-state index in [1.54, 1.807) is 31.2 Å². The highest BCUT2D eigenvalue weighted by Crippen LogP contribution is 2.33. The lowest BCUT2D eigenvalue weighted by Crippen LogP contribution is -2.12. The van der Waals surface area contributed by atoms with Crippen molar-refractivity contribution < 1.29 is 9.59 Å². The van der Waals surface area contributed by atoms with Gasteiger partial charge >= 0.3 is 0 Å². The van der Waals surface area contributed by atoms with Gasteiger partial charge in [0.25, 0.3) is 11.8 Å². The summed E-state index contributed by atoms with van der Waals surface area (Å²) in [6.07, 6.45) is 0. The minimum atomic E-state index is -0.374. The smallest absolute Gasteiger partial charge is 0.266 e. The minimum Gasteiger partial charge on any atom is -0.321 e. The second kappa shape index (κ2) is 8.48. The Labute approximate surface area is 177 Å². The Bertz CT molecular complexity index is 1140. The number of thiophene rings is 1. The number of aryl methyl sites for hydroxylation is 1. The molecule has 3 aromatic rings. The quantitative estimate of drug-likeness (QED) is 0.564. The standard InChI is InChI=1S/C22H18ClN3O2S/c1-12-5-4-6-18(13(12)2)25-21(28)19-14(3)17(11-24)22(29-19)26-20(27)15-7-9-16(23)10-8-15/h4-10H,1-3H3,(H,25,28)(H,26,27). The van der Waals surface area contributed by atoms with Crippen molar-refractivity contribution in [2.45, 2.75) is 20.8 Å². The normalized spacial score (nSPS) is 10.3. The number of carbonyl (C=O) groups excluding carboxylic acids is 2. The van der Waals surface area contributed by atoms with Crippen molar-refractivity contribution in [3.8, 4) is 6.07 Å². The van der Waals surface area contributed by atoms with Crippen LogP contribution in [0.1, 0.15) is 42.3 Å². The summed E-state index contributed by atoms with van der Waals surface area (Å²) in [4.78, 5) is 25.7. The Hall–Kier alpha value is -3.14. The number of benzene rings is 2. The lowest BCUT2D eigenvalue weighted by molar-refractivity contribution is 0.102. The van der Waals surface area contributed by atoms with Gasteiger partial charge in [-0.25, -0.2) is 0 Å². The van der Waals surface area contributed by atoms with Gasteiger partial charge in [0.1, 0.15) is 11.1 Å². The van der Waals surface area contributed by atoms with E-state index in [2.05, 4.69) is 16.7 Å². The number of nitrogens with one attached hydrogen (secondary N) is 2. The third-order valence-electron chi connectivity index (χ3n) is 4.65. The Morgan fingerprint density at radius 3 is 2.31 bits per heavy atom. The molecular weight excluding hydrogens is 406 g/mol. The second-order valence-corrected chi connectivity index (χ2v) is 7.99. The molecule has 1 heterocycles. The molecule has 2 aromatic carbocycles. The third kappa shape index (κ3) is 4.32. The van der Waals surface area contributed by atoms with Crippen LogP contribution in [0.25, 0.3) is 0 Å². The fraction of sp³-hybridized carbons (Fsp3) is 0.136. The van der Waals surface area contributed by atoms with Gasteiger partial charge in [-0.05, 0) is 67.8 Å². The van der Waals surface area contributed by atoms with E-state index < -0.39 is 0 Å². The van der Waals surface area contributed by atoms with E-state index in [9.17, 15) is 14.9 Å². The van der Waals surface area contributed by atoms with Gasteiger partial charge in [-0.15, -0.1) is 11.3 Å². The minimum absolute atomic E-state index is 0.281. The number of rotatable bonds is 4. The van der Waals surface area contributed by atoms with Crippen molar-refractivity contribution in [2.24, 2.45) is 0 Å². The number of halogens is 1. The topological polar surface area (TPSA) is 82.0 Å². The van der Waals surface area contributed by atoms with Gasteiger partial charge in [0.05, 0.1) is 10.4 Å². The lowest BCUT2D eigenvalue weighted by atomic mass is 10.1. The van der Waals surface area contributed by atoms with E-state index in [4.69, 9.17) is 11.6 Å². The molecule has 146 valence electrons. The average Bonchev–Trinajstić information content (AvgIpc) is 3.01. The van der Waals surface area contributed by atoms with Crippen LogP contribution in [0.5, 0.6) is 0 Å². The molecule has 0 aliphatic heterocycles. The van der Waals surface area contributed by atoms with Gasteiger partial charge in [-0.1, -0.05) is 23.7 Å². The first-order valence-electron chi connectivity index (χ1n) is 8.79. The number of amides is 2. The molecule has 0 fully saturated rings. The summed E-state index contributed by atoms with van der Waals surface area (Å²) in [5.74, 6) is -0.689. The molecule has 0 radical (unpaired) electrons. The number of anilines is 2. The highest BCUT2D eigenvalue weighted by Gasteiger charge is 2.22. The maximum absolute atomic E-state index is 12.8. The summed E-state index contributed by atoms with van der Waals surface area (Å²) in [5.41, 5.74) is 3.99. The SMILES string of the molecule is Cc1cccc(NC(=O)c2sc(NC(=O)c3ccc(Cl)cc3)c(C#N)c2C)c1C. The van der Waals surface area contributed by atoms with Gasteiger partial charge < -0.3 is 10.6 Å². The largest absolute Gasteiger partial charge is 0.321 e. The van der Waals surface area contributed by atoms with E-state index in [1.165, 1.54) is 0 Å². The lowest BCUT2D eigenvalue weighted by Gasteiger charge is -2.09. The Morgan fingerprint density at radius 1 is 0.966 bits per heavy atom. The van der Waals surface area contributed by atoms with Crippen molar-refractivity contribution in [1.82, 2.24) is 0 Å². The predicted molar refractivity (Wildman–Crippen MR) is 117 cm³/mol. The van der Waals surface area contributed by atoms with E-state index in [0.29, 0.717) is 31.7 Å². The van der Waals surface area contributed by atoms with E-state index in [1.807, 2.05) is 32.0 Å². The molecule has 5 nitrogen and oxygen atoms in total. The summed E-state index contributed by atoms with van der Waals surface area (Å²) in [7, 11) is 0. The molecule has 1 aromatic heterocycles. The Morgan fingerprint density at radius 2 is 1.66 bits per heavy atom. The molecule has 2 N–H and O–H groups in total. The van der Waals surface area contributed by atoms with Gasteiger partial charge in [-0.2, -0.15) is 5.26 Å². The molecule has 0 spiro atoms. The number of hydrogen-bond acceptors (Lipinski definition) is 4. The van der Waals surface area contributed by atoms with Crippen molar-refractivity contribution in [3.05, 3.63) is 80.2 Å². The van der Waals surface area contributed by atoms with Crippen molar-refractivity contribution in [2.75, 3.05) is 10.6 Å². The van der Waals surface area contributed by atoms with Crippen LogP contribution in [-0.4, -0.2) is 11.8 Å². The van der Waals surface area contributed by atoms with Crippen LogP contribution in [0, 0.1) is 32.1 Å². The Kier molecular flexibility index (Phi) is 6.02. The highest BCUT2D eigenvalue weighted by atomic mass is 35.5. The predicted octanol–water partition coefficient (Wildman–Crippen LogP) is 5.70. The number of nitrogens with zero attached hydrogens (tertiary/aromatic N) is 1. The third-order valence-corrected chi connectivity index (χ3v) is 6.11. The summed E-state index contributed by atoms with van der Waals surface area (Å²) < 4.78 is 0. The van der Waals surface area contributed by atoms with E-state index >= 15 is 0 Å². The summed E-state index contributed by atoms with van der Waals surface area (Å²) in [5, 5.41) is 16.0. The first kappa shape index (κ1) is 20.6. The van der Waals surface area contributed by atoms with E-state index in [0.717, 1.165) is 22.5 Å². The molecule has 7 heteroatoms. The molecule has 0 saturated carbocycles. The molecule has 0 saturated heterocycles. The maximum atomic E-state index is 12.8. The molecule has 3 rings (SSSR count). The van der Waals surface area contributed by atoms with E-state index in [-0.39, 0.29) is 17.4 Å². The molecule has 0 aliphatic rings. The molecule has 0 atom stereocenters. The summed E-state index contributed by atoms with van der Waals surface area (Å²) in [6, 6.07) is 14.2. The molecule has 0 aliphatic carbocycles. The molecular formula is C22H18ClN3O2S. The number of carbonyl (C=O) groups is 2. The van der Waals surface area contributed by atoms with Crippen LogP contribution in [0.15, 0.2) is 42.5 Å². The van der Waals surface area contributed by atoms with Crippen LogP contribution < -0.4 is 10.6 Å². The first-order chi connectivity index (χ1) is 13.8. The Balaban J connectivity index is 1.88. The van der Waals surface area contributed by atoms with Crippen LogP contribution in [-0.2, 0) is 0 Å². The van der Waals surface area contributed by atoms with Gasteiger partial charge in [-0.3, -0.25) is 9.59 Å². The molecule has 2 amide bonds.